The summed E-state index contributed by atoms with van der Waals surface area (Å²) < 4.78 is 5.49. The monoisotopic (exact) mass is 216 g/mol. The third kappa shape index (κ3) is 2.90. The average molecular weight is 216 g/mol. The first-order chi connectivity index (χ1) is 6.52. The van der Waals surface area contributed by atoms with Crippen LogP contribution in [0.1, 0.15) is 20.8 Å². The molecular formula is C10H20N2OS. The molecule has 0 saturated carbocycles. The van der Waals surface area contributed by atoms with Crippen molar-refractivity contribution in [3.63, 3.8) is 0 Å². The Morgan fingerprint density at radius 2 is 2.14 bits per heavy atom. The van der Waals surface area contributed by atoms with Crippen molar-refractivity contribution in [1.82, 2.24) is 4.90 Å². The van der Waals surface area contributed by atoms with Crippen LogP contribution in [-0.2, 0) is 4.74 Å². The molecule has 1 aliphatic rings. The first-order valence-electron chi connectivity index (χ1n) is 5.17. The van der Waals surface area contributed by atoms with E-state index in [1.807, 2.05) is 0 Å². The highest BCUT2D eigenvalue weighted by atomic mass is 32.1. The average Bonchev–Trinajstić information content (AvgIpc) is 2.16. The van der Waals surface area contributed by atoms with E-state index in [4.69, 9.17) is 22.7 Å². The zero-order chi connectivity index (χ0) is 10.7. The van der Waals surface area contributed by atoms with E-state index in [0.717, 1.165) is 19.7 Å². The molecule has 1 fully saturated rings. The molecule has 0 aliphatic carbocycles. The summed E-state index contributed by atoms with van der Waals surface area (Å²) in [5.41, 5.74) is 5.59. The van der Waals surface area contributed by atoms with Gasteiger partial charge in [0.15, 0.2) is 0 Å². The lowest BCUT2D eigenvalue weighted by Crippen LogP contribution is -2.51. The van der Waals surface area contributed by atoms with Crippen molar-refractivity contribution >= 4 is 17.2 Å². The number of hydrogen-bond acceptors (Lipinski definition) is 3. The Bertz CT molecular complexity index is 208. The lowest BCUT2D eigenvalue weighted by atomic mass is 10.0. The summed E-state index contributed by atoms with van der Waals surface area (Å²) in [6.07, 6.45) is -0.0556. The number of ether oxygens (including phenoxy) is 1. The number of hydrogen-bond donors (Lipinski definition) is 1. The lowest BCUT2D eigenvalue weighted by Gasteiger charge is -2.38. The molecule has 0 bridgehead atoms. The van der Waals surface area contributed by atoms with Crippen LogP contribution >= 0.6 is 12.2 Å². The maximum Gasteiger partial charge on any atom is 0.120 e. The molecule has 2 unspecified atom stereocenters. The van der Waals surface area contributed by atoms with Gasteiger partial charge in [0.05, 0.1) is 6.61 Å². The Labute approximate surface area is 91.6 Å². The number of rotatable bonds is 3. The summed E-state index contributed by atoms with van der Waals surface area (Å²) >= 11 is 4.95. The first-order valence-corrected chi connectivity index (χ1v) is 5.58. The van der Waals surface area contributed by atoms with E-state index in [-0.39, 0.29) is 6.10 Å². The summed E-state index contributed by atoms with van der Waals surface area (Å²) in [7, 11) is 0. The van der Waals surface area contributed by atoms with Gasteiger partial charge in [-0.05, 0) is 12.8 Å². The molecule has 0 amide bonds. The Hall–Kier alpha value is -0.190. The zero-order valence-electron chi connectivity index (χ0n) is 9.19. The van der Waals surface area contributed by atoms with Crippen molar-refractivity contribution in [2.75, 3.05) is 19.7 Å². The standard InChI is InChI=1S/C10H20N2OS/c1-7(2)8(3)12-4-5-13-9(6-12)10(11)14/h7-9H,4-6H2,1-3H3,(H2,11,14). The first kappa shape index (κ1) is 11.9. The van der Waals surface area contributed by atoms with Crippen molar-refractivity contribution < 1.29 is 4.74 Å². The van der Waals surface area contributed by atoms with Gasteiger partial charge >= 0.3 is 0 Å². The minimum absolute atomic E-state index is 0.0556. The second-order valence-electron chi connectivity index (χ2n) is 4.24. The molecule has 14 heavy (non-hydrogen) atoms. The van der Waals surface area contributed by atoms with Crippen LogP contribution in [0.15, 0.2) is 0 Å². The van der Waals surface area contributed by atoms with E-state index >= 15 is 0 Å². The van der Waals surface area contributed by atoms with Gasteiger partial charge in [0, 0.05) is 19.1 Å². The lowest BCUT2D eigenvalue weighted by molar-refractivity contribution is -0.0155. The van der Waals surface area contributed by atoms with Gasteiger partial charge in [-0.15, -0.1) is 0 Å². The molecule has 0 spiro atoms. The van der Waals surface area contributed by atoms with Gasteiger partial charge < -0.3 is 10.5 Å². The Kier molecular flexibility index (Phi) is 4.29. The van der Waals surface area contributed by atoms with E-state index in [1.165, 1.54) is 0 Å². The third-order valence-electron chi connectivity index (χ3n) is 2.96. The van der Waals surface area contributed by atoms with Crippen LogP contribution in [0, 0.1) is 5.92 Å². The van der Waals surface area contributed by atoms with Crippen LogP contribution in [0.3, 0.4) is 0 Å². The molecule has 0 aromatic carbocycles. The van der Waals surface area contributed by atoms with Crippen molar-refractivity contribution in [1.29, 1.82) is 0 Å². The summed E-state index contributed by atoms with van der Waals surface area (Å²) in [6, 6.07) is 0.566. The smallest absolute Gasteiger partial charge is 0.120 e. The molecule has 1 saturated heterocycles. The van der Waals surface area contributed by atoms with Gasteiger partial charge in [0.1, 0.15) is 11.1 Å². The van der Waals surface area contributed by atoms with E-state index in [0.29, 0.717) is 16.9 Å². The van der Waals surface area contributed by atoms with E-state index in [1.54, 1.807) is 0 Å². The molecule has 0 radical (unpaired) electrons. The topological polar surface area (TPSA) is 38.5 Å². The molecule has 1 aliphatic heterocycles. The predicted octanol–water partition coefficient (Wildman–Crippen LogP) is 1.02. The molecule has 1 heterocycles. The second kappa shape index (κ2) is 5.05. The maximum atomic E-state index is 5.59. The van der Waals surface area contributed by atoms with E-state index in [9.17, 15) is 0 Å². The summed E-state index contributed by atoms with van der Waals surface area (Å²) in [5.74, 6) is 0.653. The molecule has 0 aromatic rings. The maximum absolute atomic E-state index is 5.59. The normalized spacial score (nSPS) is 26.4. The Balaban J connectivity index is 2.51. The van der Waals surface area contributed by atoms with Crippen molar-refractivity contribution in [2.45, 2.75) is 32.9 Å². The summed E-state index contributed by atoms with van der Waals surface area (Å²) in [5, 5.41) is 0. The van der Waals surface area contributed by atoms with E-state index in [2.05, 4.69) is 25.7 Å². The molecular weight excluding hydrogens is 196 g/mol. The number of nitrogens with two attached hydrogens (primary N) is 1. The van der Waals surface area contributed by atoms with Crippen LogP contribution in [0.4, 0.5) is 0 Å². The van der Waals surface area contributed by atoms with Crippen molar-refractivity contribution in [2.24, 2.45) is 11.7 Å². The number of thiocarbonyl (C=S) groups is 1. The van der Waals surface area contributed by atoms with Gasteiger partial charge in [-0.1, -0.05) is 26.1 Å². The summed E-state index contributed by atoms with van der Waals surface area (Å²) in [6.45, 7) is 9.27. The molecule has 1 rings (SSSR count). The fraction of sp³-hybridized carbons (Fsp3) is 0.900. The molecule has 0 aromatic heterocycles. The molecule has 4 heteroatoms. The highest BCUT2D eigenvalue weighted by molar-refractivity contribution is 7.80. The SMILES string of the molecule is CC(C)C(C)N1CCOC(C(N)=S)C1. The van der Waals surface area contributed by atoms with Crippen LogP contribution in [0.2, 0.25) is 0 Å². The van der Waals surface area contributed by atoms with Gasteiger partial charge in [-0.25, -0.2) is 0 Å². The number of nitrogens with zero attached hydrogens (tertiary/aromatic N) is 1. The van der Waals surface area contributed by atoms with E-state index < -0.39 is 0 Å². The van der Waals surface area contributed by atoms with Crippen LogP contribution in [0.25, 0.3) is 0 Å². The Morgan fingerprint density at radius 1 is 1.50 bits per heavy atom. The highest BCUT2D eigenvalue weighted by Gasteiger charge is 2.26. The third-order valence-corrected chi connectivity index (χ3v) is 3.22. The molecule has 2 atom stereocenters. The van der Waals surface area contributed by atoms with Gasteiger partial charge in [-0.2, -0.15) is 0 Å². The Morgan fingerprint density at radius 3 is 2.64 bits per heavy atom. The molecule has 3 nitrogen and oxygen atoms in total. The summed E-state index contributed by atoms with van der Waals surface area (Å²) in [4.78, 5) is 2.88. The van der Waals surface area contributed by atoms with Crippen LogP contribution < -0.4 is 5.73 Å². The van der Waals surface area contributed by atoms with Gasteiger partial charge in [-0.3, -0.25) is 4.90 Å². The van der Waals surface area contributed by atoms with Crippen LogP contribution in [0.5, 0.6) is 0 Å². The number of morpholine rings is 1. The predicted molar refractivity (Wildman–Crippen MR) is 62.4 cm³/mol. The zero-order valence-corrected chi connectivity index (χ0v) is 10.0. The van der Waals surface area contributed by atoms with Gasteiger partial charge in [0.25, 0.3) is 0 Å². The fourth-order valence-electron chi connectivity index (χ4n) is 1.63. The van der Waals surface area contributed by atoms with Crippen molar-refractivity contribution in [3.8, 4) is 0 Å². The van der Waals surface area contributed by atoms with Crippen LogP contribution in [-0.4, -0.2) is 41.7 Å². The molecule has 2 N–H and O–H groups in total. The fourth-order valence-corrected chi connectivity index (χ4v) is 1.78. The highest BCUT2D eigenvalue weighted by Crippen LogP contribution is 2.14. The second-order valence-corrected chi connectivity index (χ2v) is 4.71. The van der Waals surface area contributed by atoms with Crippen molar-refractivity contribution in [3.05, 3.63) is 0 Å². The minimum Gasteiger partial charge on any atom is -0.391 e. The minimum atomic E-state index is -0.0556. The molecule has 82 valence electrons. The van der Waals surface area contributed by atoms with Gasteiger partial charge in [0.2, 0.25) is 0 Å². The largest absolute Gasteiger partial charge is 0.391 e. The quantitative estimate of drug-likeness (QED) is 0.715.